The maximum Gasteiger partial charge on any atom is 0.262 e. The summed E-state index contributed by atoms with van der Waals surface area (Å²) in [5.41, 5.74) is 3.61. The predicted molar refractivity (Wildman–Crippen MR) is 86.3 cm³/mol. The lowest BCUT2D eigenvalue weighted by Gasteiger charge is -2.11. The average Bonchev–Trinajstić information content (AvgIpc) is 3.17. The standard InChI is InChI=1S/C16H14F2N6/c1-16(17,18)10-21-15-20-8-13-12(4-6-24(13)22-15)11-2-3-14-19-5-7-23(14)9-11/h2-9H,10H2,1H3,(H,21,22). The minimum Gasteiger partial charge on any atom is -0.347 e. The Hall–Kier alpha value is -3.03. The number of nitrogens with one attached hydrogen (secondary N) is 1. The molecule has 0 amide bonds. The Morgan fingerprint density at radius 3 is 2.88 bits per heavy atom. The van der Waals surface area contributed by atoms with Crippen LogP contribution in [0.25, 0.3) is 22.3 Å². The maximum absolute atomic E-state index is 12.9. The molecule has 0 aliphatic rings. The fraction of sp³-hybridized carbons (Fsp3) is 0.188. The van der Waals surface area contributed by atoms with Crippen LogP contribution < -0.4 is 5.32 Å². The van der Waals surface area contributed by atoms with Crippen molar-refractivity contribution in [3.8, 4) is 11.1 Å². The average molecular weight is 328 g/mol. The van der Waals surface area contributed by atoms with Crippen molar-refractivity contribution in [1.82, 2.24) is 24.0 Å². The zero-order valence-electron chi connectivity index (χ0n) is 12.8. The van der Waals surface area contributed by atoms with Gasteiger partial charge in [-0.05, 0) is 18.2 Å². The summed E-state index contributed by atoms with van der Waals surface area (Å²) in [5, 5.41) is 6.76. The number of hydrogen-bond acceptors (Lipinski definition) is 4. The van der Waals surface area contributed by atoms with Crippen LogP contribution in [0.5, 0.6) is 0 Å². The van der Waals surface area contributed by atoms with Crippen molar-refractivity contribution >= 4 is 17.1 Å². The smallest absolute Gasteiger partial charge is 0.262 e. The van der Waals surface area contributed by atoms with Crippen molar-refractivity contribution in [1.29, 1.82) is 0 Å². The molecule has 4 aromatic heterocycles. The summed E-state index contributed by atoms with van der Waals surface area (Å²) in [6.07, 6.45) is 8.99. The first-order valence-electron chi connectivity index (χ1n) is 7.39. The zero-order chi connectivity index (χ0) is 16.7. The van der Waals surface area contributed by atoms with Gasteiger partial charge in [-0.2, -0.15) is 0 Å². The van der Waals surface area contributed by atoms with E-state index in [-0.39, 0.29) is 5.95 Å². The number of rotatable bonds is 4. The van der Waals surface area contributed by atoms with Crippen molar-refractivity contribution in [3.05, 3.63) is 49.2 Å². The minimum atomic E-state index is -2.82. The number of nitrogens with zero attached hydrogens (tertiary/aromatic N) is 5. The Morgan fingerprint density at radius 2 is 2.04 bits per heavy atom. The maximum atomic E-state index is 12.9. The van der Waals surface area contributed by atoms with Gasteiger partial charge in [0.25, 0.3) is 5.92 Å². The van der Waals surface area contributed by atoms with E-state index < -0.39 is 12.5 Å². The molecule has 0 fully saturated rings. The van der Waals surface area contributed by atoms with E-state index in [0.29, 0.717) is 0 Å². The fourth-order valence-corrected chi connectivity index (χ4v) is 2.54. The third-order valence-electron chi connectivity index (χ3n) is 3.67. The number of imidazole rings is 1. The fourth-order valence-electron chi connectivity index (χ4n) is 2.54. The summed E-state index contributed by atoms with van der Waals surface area (Å²) in [5.74, 6) is -2.66. The second-order valence-electron chi connectivity index (χ2n) is 5.68. The van der Waals surface area contributed by atoms with Gasteiger partial charge in [0.05, 0.1) is 18.3 Å². The molecule has 0 atom stereocenters. The van der Waals surface area contributed by atoms with Crippen LogP contribution in [0.3, 0.4) is 0 Å². The topological polar surface area (TPSA) is 59.5 Å². The van der Waals surface area contributed by atoms with Crippen molar-refractivity contribution in [2.24, 2.45) is 0 Å². The molecule has 0 bridgehead atoms. The molecule has 4 rings (SSSR count). The molecule has 8 heteroatoms. The van der Waals surface area contributed by atoms with Crippen LogP contribution in [0.1, 0.15) is 6.92 Å². The molecular formula is C16H14F2N6. The zero-order valence-corrected chi connectivity index (χ0v) is 12.8. The molecule has 0 saturated heterocycles. The van der Waals surface area contributed by atoms with Crippen LogP contribution in [0.2, 0.25) is 0 Å². The minimum absolute atomic E-state index is 0.163. The van der Waals surface area contributed by atoms with Gasteiger partial charge < -0.3 is 9.72 Å². The number of fused-ring (bicyclic) bond motifs is 2. The molecule has 122 valence electrons. The Labute approximate surface area is 135 Å². The van der Waals surface area contributed by atoms with E-state index in [1.54, 1.807) is 23.1 Å². The van der Waals surface area contributed by atoms with E-state index in [1.807, 2.05) is 35.0 Å². The molecule has 0 aromatic carbocycles. The quantitative estimate of drug-likeness (QED) is 0.625. The highest BCUT2D eigenvalue weighted by atomic mass is 19.3. The van der Waals surface area contributed by atoms with E-state index in [1.165, 1.54) is 0 Å². The van der Waals surface area contributed by atoms with Gasteiger partial charge in [0.15, 0.2) is 0 Å². The molecule has 6 nitrogen and oxygen atoms in total. The molecule has 0 aliphatic heterocycles. The summed E-state index contributed by atoms with van der Waals surface area (Å²) in [7, 11) is 0. The molecule has 24 heavy (non-hydrogen) atoms. The number of anilines is 1. The van der Waals surface area contributed by atoms with Crippen LogP contribution in [-0.2, 0) is 0 Å². The predicted octanol–water partition coefficient (Wildman–Crippen LogP) is 3.11. The van der Waals surface area contributed by atoms with Crippen molar-refractivity contribution in [2.75, 3.05) is 11.9 Å². The Bertz CT molecular complexity index is 1010. The number of hydrogen-bond donors (Lipinski definition) is 1. The van der Waals surface area contributed by atoms with Gasteiger partial charge in [-0.3, -0.25) is 0 Å². The Morgan fingerprint density at radius 1 is 1.17 bits per heavy atom. The first-order chi connectivity index (χ1) is 11.5. The van der Waals surface area contributed by atoms with Crippen LogP contribution in [-0.4, -0.2) is 36.5 Å². The van der Waals surface area contributed by atoms with Gasteiger partial charge in [-0.15, -0.1) is 5.10 Å². The molecule has 0 spiro atoms. The van der Waals surface area contributed by atoms with Gasteiger partial charge >= 0.3 is 0 Å². The molecule has 4 aromatic rings. The van der Waals surface area contributed by atoms with Crippen LogP contribution in [0, 0.1) is 0 Å². The highest BCUT2D eigenvalue weighted by Crippen LogP contribution is 2.25. The van der Waals surface area contributed by atoms with E-state index in [4.69, 9.17) is 0 Å². The monoisotopic (exact) mass is 328 g/mol. The van der Waals surface area contributed by atoms with Crippen molar-refractivity contribution in [2.45, 2.75) is 12.8 Å². The second-order valence-corrected chi connectivity index (χ2v) is 5.68. The highest BCUT2D eigenvalue weighted by molar-refractivity contribution is 5.80. The number of alkyl halides is 2. The second kappa shape index (κ2) is 5.26. The van der Waals surface area contributed by atoms with E-state index >= 15 is 0 Å². The highest BCUT2D eigenvalue weighted by Gasteiger charge is 2.21. The first-order valence-corrected chi connectivity index (χ1v) is 7.39. The van der Waals surface area contributed by atoms with Crippen LogP contribution in [0.4, 0.5) is 14.7 Å². The van der Waals surface area contributed by atoms with Gasteiger partial charge in [0.1, 0.15) is 5.65 Å². The van der Waals surface area contributed by atoms with Gasteiger partial charge in [0.2, 0.25) is 5.95 Å². The van der Waals surface area contributed by atoms with Gasteiger partial charge in [-0.1, -0.05) is 0 Å². The third kappa shape index (κ3) is 2.66. The van der Waals surface area contributed by atoms with E-state index in [9.17, 15) is 8.78 Å². The summed E-state index contributed by atoms with van der Waals surface area (Å²) in [6.45, 7) is 0.336. The molecular weight excluding hydrogens is 314 g/mol. The Balaban J connectivity index is 1.69. The number of pyridine rings is 1. The molecule has 0 aliphatic carbocycles. The lowest BCUT2D eigenvalue weighted by Crippen LogP contribution is -2.24. The summed E-state index contributed by atoms with van der Waals surface area (Å²) >= 11 is 0. The molecule has 0 radical (unpaired) electrons. The van der Waals surface area contributed by atoms with E-state index in [0.717, 1.165) is 29.2 Å². The molecule has 0 unspecified atom stereocenters. The summed E-state index contributed by atoms with van der Waals surface area (Å²) < 4.78 is 29.4. The molecule has 1 N–H and O–H groups in total. The summed E-state index contributed by atoms with van der Waals surface area (Å²) in [6, 6.07) is 5.82. The lowest BCUT2D eigenvalue weighted by atomic mass is 10.1. The number of aromatic nitrogens is 5. The van der Waals surface area contributed by atoms with Crippen molar-refractivity contribution in [3.63, 3.8) is 0 Å². The normalized spacial score (nSPS) is 12.1. The third-order valence-corrected chi connectivity index (χ3v) is 3.67. The first kappa shape index (κ1) is 14.6. The van der Waals surface area contributed by atoms with Gasteiger partial charge in [-0.25, -0.2) is 23.3 Å². The van der Waals surface area contributed by atoms with Crippen LogP contribution in [0.15, 0.2) is 49.2 Å². The molecule has 4 heterocycles. The molecule has 0 saturated carbocycles. The SMILES string of the molecule is CC(F)(F)CNc1ncc2c(-c3ccc4nccn4c3)ccn2n1. The number of halogens is 2. The lowest BCUT2D eigenvalue weighted by molar-refractivity contribution is 0.0365. The Kier molecular flexibility index (Phi) is 3.19. The van der Waals surface area contributed by atoms with Crippen molar-refractivity contribution < 1.29 is 8.78 Å². The largest absolute Gasteiger partial charge is 0.347 e. The van der Waals surface area contributed by atoms with Crippen LogP contribution >= 0.6 is 0 Å². The van der Waals surface area contributed by atoms with E-state index in [2.05, 4.69) is 20.4 Å². The van der Waals surface area contributed by atoms with Gasteiger partial charge in [0, 0.05) is 42.8 Å². The summed E-state index contributed by atoms with van der Waals surface area (Å²) in [4.78, 5) is 8.34.